The molecule has 22 heavy (non-hydrogen) atoms. The average molecular weight is 310 g/mol. The summed E-state index contributed by atoms with van der Waals surface area (Å²) in [5.41, 5.74) is -0.0772. The van der Waals surface area contributed by atoms with Crippen molar-refractivity contribution in [1.82, 2.24) is 4.90 Å². The summed E-state index contributed by atoms with van der Waals surface area (Å²) in [6.07, 6.45) is 0.714. The molecule has 0 bridgehead atoms. The SMILES string of the molecule is COc1ccc([N+](=O)[O-])cc1OCC1CCCN(C(=O)O)C1. The summed E-state index contributed by atoms with van der Waals surface area (Å²) in [5, 5.41) is 19.8. The van der Waals surface area contributed by atoms with E-state index in [1.807, 2.05) is 0 Å². The van der Waals surface area contributed by atoms with E-state index in [1.54, 1.807) is 0 Å². The maximum absolute atomic E-state index is 11.0. The van der Waals surface area contributed by atoms with Crippen molar-refractivity contribution in [3.05, 3.63) is 28.3 Å². The van der Waals surface area contributed by atoms with Gasteiger partial charge < -0.3 is 19.5 Å². The number of non-ortho nitro benzene ring substituents is 1. The number of nitro groups is 1. The van der Waals surface area contributed by atoms with Gasteiger partial charge in [-0.1, -0.05) is 0 Å². The molecule has 1 aliphatic rings. The Hall–Kier alpha value is -2.51. The molecule has 1 aliphatic heterocycles. The highest BCUT2D eigenvalue weighted by atomic mass is 16.6. The molecule has 1 amide bonds. The fourth-order valence-corrected chi connectivity index (χ4v) is 2.47. The molecular formula is C14H18N2O6. The number of nitrogens with zero attached hydrogens (tertiary/aromatic N) is 2. The molecule has 2 rings (SSSR count). The highest BCUT2D eigenvalue weighted by Gasteiger charge is 2.24. The number of ether oxygens (including phenoxy) is 2. The predicted octanol–water partition coefficient (Wildman–Crippen LogP) is 2.37. The number of carboxylic acid groups (broad SMARTS) is 1. The Labute approximate surface area is 127 Å². The van der Waals surface area contributed by atoms with Crippen LogP contribution in [-0.2, 0) is 0 Å². The van der Waals surface area contributed by atoms with Crippen molar-refractivity contribution in [2.24, 2.45) is 5.92 Å². The zero-order chi connectivity index (χ0) is 16.1. The van der Waals surface area contributed by atoms with Gasteiger partial charge in [0, 0.05) is 25.1 Å². The third-order valence-electron chi connectivity index (χ3n) is 3.62. The van der Waals surface area contributed by atoms with E-state index in [9.17, 15) is 14.9 Å². The summed E-state index contributed by atoms with van der Waals surface area (Å²) in [6, 6.07) is 4.15. The van der Waals surface area contributed by atoms with Gasteiger partial charge >= 0.3 is 6.09 Å². The molecular weight excluding hydrogens is 292 g/mol. The van der Waals surface area contributed by atoms with E-state index >= 15 is 0 Å². The minimum Gasteiger partial charge on any atom is -0.493 e. The molecule has 1 heterocycles. The van der Waals surface area contributed by atoms with Crippen LogP contribution in [0.15, 0.2) is 18.2 Å². The van der Waals surface area contributed by atoms with Gasteiger partial charge in [0.25, 0.3) is 5.69 Å². The Morgan fingerprint density at radius 3 is 2.91 bits per heavy atom. The van der Waals surface area contributed by atoms with E-state index < -0.39 is 11.0 Å². The van der Waals surface area contributed by atoms with E-state index in [0.29, 0.717) is 31.2 Å². The smallest absolute Gasteiger partial charge is 0.407 e. The predicted molar refractivity (Wildman–Crippen MR) is 77.5 cm³/mol. The van der Waals surface area contributed by atoms with Crippen molar-refractivity contribution < 1.29 is 24.3 Å². The molecule has 1 atom stereocenters. The lowest BCUT2D eigenvalue weighted by molar-refractivity contribution is -0.385. The third-order valence-corrected chi connectivity index (χ3v) is 3.62. The van der Waals surface area contributed by atoms with Gasteiger partial charge in [-0.3, -0.25) is 10.1 Å². The van der Waals surface area contributed by atoms with Crippen LogP contribution in [0.25, 0.3) is 0 Å². The standard InChI is InChI=1S/C14H18N2O6/c1-21-12-5-4-11(16(19)20)7-13(12)22-9-10-3-2-6-15(8-10)14(17)18/h4-5,7,10H,2-3,6,8-9H2,1H3,(H,17,18). The number of likely N-dealkylation sites (tertiary alicyclic amines) is 1. The van der Waals surface area contributed by atoms with Gasteiger partial charge in [0.1, 0.15) is 0 Å². The maximum Gasteiger partial charge on any atom is 0.407 e. The summed E-state index contributed by atoms with van der Waals surface area (Å²) >= 11 is 0. The first-order valence-corrected chi connectivity index (χ1v) is 6.94. The van der Waals surface area contributed by atoms with Crippen molar-refractivity contribution in [3.8, 4) is 11.5 Å². The van der Waals surface area contributed by atoms with Crippen LogP contribution < -0.4 is 9.47 Å². The first-order chi connectivity index (χ1) is 10.5. The van der Waals surface area contributed by atoms with Gasteiger partial charge in [-0.15, -0.1) is 0 Å². The van der Waals surface area contributed by atoms with Crippen LogP contribution in [0.4, 0.5) is 10.5 Å². The molecule has 120 valence electrons. The molecule has 1 fully saturated rings. The lowest BCUT2D eigenvalue weighted by atomic mass is 9.99. The number of amides is 1. The van der Waals surface area contributed by atoms with Gasteiger partial charge in [-0.2, -0.15) is 0 Å². The zero-order valence-corrected chi connectivity index (χ0v) is 12.2. The second-order valence-corrected chi connectivity index (χ2v) is 5.14. The van der Waals surface area contributed by atoms with Crippen LogP contribution in [0.3, 0.4) is 0 Å². The zero-order valence-electron chi connectivity index (χ0n) is 12.2. The second-order valence-electron chi connectivity index (χ2n) is 5.14. The van der Waals surface area contributed by atoms with Crippen LogP contribution >= 0.6 is 0 Å². The van der Waals surface area contributed by atoms with Gasteiger partial charge in [0.2, 0.25) is 0 Å². The molecule has 8 heteroatoms. The highest BCUT2D eigenvalue weighted by molar-refractivity contribution is 5.65. The average Bonchev–Trinajstić information content (AvgIpc) is 2.52. The summed E-state index contributed by atoms with van der Waals surface area (Å²) in [6.45, 7) is 1.24. The number of hydrogen-bond acceptors (Lipinski definition) is 5. The van der Waals surface area contributed by atoms with Crippen molar-refractivity contribution in [2.75, 3.05) is 26.8 Å². The molecule has 1 aromatic carbocycles. The molecule has 0 aliphatic carbocycles. The van der Waals surface area contributed by atoms with Gasteiger partial charge in [0.15, 0.2) is 11.5 Å². The Bertz CT molecular complexity index is 562. The van der Waals surface area contributed by atoms with Crippen LogP contribution in [0.5, 0.6) is 11.5 Å². The summed E-state index contributed by atoms with van der Waals surface area (Å²) < 4.78 is 10.8. The van der Waals surface area contributed by atoms with E-state index in [2.05, 4.69) is 0 Å². The van der Waals surface area contributed by atoms with Crippen LogP contribution in [0.1, 0.15) is 12.8 Å². The van der Waals surface area contributed by atoms with Crippen molar-refractivity contribution >= 4 is 11.8 Å². The van der Waals surface area contributed by atoms with E-state index in [-0.39, 0.29) is 11.6 Å². The largest absolute Gasteiger partial charge is 0.493 e. The molecule has 8 nitrogen and oxygen atoms in total. The molecule has 1 saturated heterocycles. The number of carbonyl (C=O) groups is 1. The molecule has 1 N–H and O–H groups in total. The normalized spacial score (nSPS) is 17.9. The number of piperidine rings is 1. The molecule has 1 aromatic rings. The molecule has 0 spiro atoms. The molecule has 0 aromatic heterocycles. The molecule has 0 saturated carbocycles. The van der Waals surface area contributed by atoms with Crippen LogP contribution in [0.2, 0.25) is 0 Å². The fourth-order valence-electron chi connectivity index (χ4n) is 2.47. The Kier molecular flexibility index (Phi) is 5.03. The first kappa shape index (κ1) is 15.9. The Balaban J connectivity index is 2.02. The topological polar surface area (TPSA) is 102 Å². The lowest BCUT2D eigenvalue weighted by Crippen LogP contribution is -2.40. The summed E-state index contributed by atoms with van der Waals surface area (Å²) in [7, 11) is 1.46. The Morgan fingerprint density at radius 2 is 2.27 bits per heavy atom. The van der Waals surface area contributed by atoms with E-state index in [4.69, 9.17) is 14.6 Å². The van der Waals surface area contributed by atoms with E-state index in [1.165, 1.54) is 30.2 Å². The monoisotopic (exact) mass is 310 g/mol. The summed E-state index contributed by atoms with van der Waals surface area (Å²) in [5.74, 6) is 0.773. The number of nitro benzene ring substituents is 1. The van der Waals surface area contributed by atoms with E-state index in [0.717, 1.165) is 12.8 Å². The number of rotatable bonds is 5. The van der Waals surface area contributed by atoms with Crippen molar-refractivity contribution in [1.29, 1.82) is 0 Å². The number of methoxy groups -OCH3 is 1. The molecule has 1 unspecified atom stereocenters. The number of hydrogen-bond donors (Lipinski definition) is 1. The number of benzene rings is 1. The minimum absolute atomic E-state index is 0.0637. The fraction of sp³-hybridized carbons (Fsp3) is 0.500. The second kappa shape index (κ2) is 6.97. The van der Waals surface area contributed by atoms with Crippen LogP contribution in [0, 0.1) is 16.0 Å². The van der Waals surface area contributed by atoms with Gasteiger partial charge in [-0.25, -0.2) is 4.79 Å². The Morgan fingerprint density at radius 1 is 1.50 bits per heavy atom. The van der Waals surface area contributed by atoms with Crippen molar-refractivity contribution in [3.63, 3.8) is 0 Å². The lowest BCUT2D eigenvalue weighted by Gasteiger charge is -2.30. The maximum atomic E-state index is 11.0. The highest BCUT2D eigenvalue weighted by Crippen LogP contribution is 2.32. The quantitative estimate of drug-likeness (QED) is 0.661. The minimum atomic E-state index is -0.933. The van der Waals surface area contributed by atoms with Gasteiger partial charge in [-0.05, 0) is 18.9 Å². The van der Waals surface area contributed by atoms with Crippen molar-refractivity contribution in [2.45, 2.75) is 12.8 Å². The van der Waals surface area contributed by atoms with Crippen LogP contribution in [-0.4, -0.2) is 47.8 Å². The molecule has 0 radical (unpaired) electrons. The van der Waals surface area contributed by atoms with Gasteiger partial charge in [0.05, 0.1) is 24.7 Å². The summed E-state index contributed by atoms with van der Waals surface area (Å²) in [4.78, 5) is 22.7. The first-order valence-electron chi connectivity index (χ1n) is 6.94. The third kappa shape index (κ3) is 3.78.